The quantitative estimate of drug-likeness (QED) is 0.767. The van der Waals surface area contributed by atoms with Crippen molar-refractivity contribution in [2.45, 2.75) is 44.3 Å². The lowest BCUT2D eigenvalue weighted by molar-refractivity contribution is 0.503. The van der Waals surface area contributed by atoms with E-state index >= 15 is 0 Å². The second-order valence-corrected chi connectivity index (χ2v) is 6.01. The Balaban J connectivity index is 2.09. The van der Waals surface area contributed by atoms with Crippen LogP contribution in [-0.4, -0.2) is 10.2 Å². The molecule has 1 aliphatic rings. The minimum Gasteiger partial charge on any atom is -0.264 e. The molecule has 0 aromatic carbocycles. The van der Waals surface area contributed by atoms with Gasteiger partial charge in [-0.15, -0.1) is 11.8 Å². The minimum absolute atomic E-state index is 0.556. The molecule has 3 unspecified atom stereocenters. The summed E-state index contributed by atoms with van der Waals surface area (Å²) in [6.45, 7) is 9.23. The molecule has 1 aromatic rings. The van der Waals surface area contributed by atoms with E-state index < -0.39 is 0 Å². The Bertz CT molecular complexity index is 363. The topological polar surface area (TPSA) is 12.9 Å². The fraction of sp³-hybridized carbons (Fsp3) is 0.615. The molecular weight excluding hydrogens is 202 g/mol. The van der Waals surface area contributed by atoms with E-state index in [2.05, 4.69) is 38.7 Å². The fourth-order valence-corrected chi connectivity index (χ4v) is 3.97. The lowest BCUT2D eigenvalue weighted by Crippen LogP contribution is -1.96. The lowest BCUT2D eigenvalue weighted by atomic mass is 10.0. The van der Waals surface area contributed by atoms with Crippen molar-refractivity contribution in [3.8, 4) is 0 Å². The molecule has 2 rings (SSSR count). The van der Waals surface area contributed by atoms with Crippen LogP contribution < -0.4 is 0 Å². The summed E-state index contributed by atoms with van der Waals surface area (Å²) in [5.74, 6) is 0.847. The molecule has 3 atom stereocenters. The summed E-state index contributed by atoms with van der Waals surface area (Å²) in [5, 5.41) is 0.795. The van der Waals surface area contributed by atoms with Crippen molar-refractivity contribution in [3.05, 3.63) is 24.0 Å². The summed E-state index contributed by atoms with van der Waals surface area (Å²) < 4.78 is 0. The zero-order valence-corrected chi connectivity index (χ0v) is 10.8. The van der Waals surface area contributed by atoms with E-state index in [0.29, 0.717) is 5.41 Å². The first-order chi connectivity index (χ1) is 7.09. The molecule has 0 N–H and O–H groups in total. The van der Waals surface area contributed by atoms with E-state index in [0.717, 1.165) is 11.2 Å². The Kier molecular flexibility index (Phi) is 2.80. The summed E-state index contributed by atoms with van der Waals surface area (Å²) in [4.78, 5) is 5.54. The normalized spacial score (nSPS) is 34.1. The highest BCUT2D eigenvalue weighted by atomic mass is 32.2. The minimum atomic E-state index is 0.556. The van der Waals surface area contributed by atoms with Gasteiger partial charge in [-0.3, -0.25) is 4.98 Å². The van der Waals surface area contributed by atoms with E-state index in [1.807, 2.05) is 24.2 Å². The summed E-state index contributed by atoms with van der Waals surface area (Å²) in [7, 11) is 0. The molecule has 0 amide bonds. The Hall–Kier alpha value is -0.500. The average Bonchev–Trinajstić information content (AvgIpc) is 2.75. The number of thioether (sulfide) groups is 1. The van der Waals surface area contributed by atoms with Crippen LogP contribution in [0.3, 0.4) is 0 Å². The highest BCUT2D eigenvalue weighted by molar-refractivity contribution is 8.00. The maximum absolute atomic E-state index is 4.13. The number of aryl methyl sites for hydroxylation is 1. The molecule has 15 heavy (non-hydrogen) atoms. The first-order valence-electron chi connectivity index (χ1n) is 5.67. The third-order valence-corrected chi connectivity index (χ3v) is 5.93. The van der Waals surface area contributed by atoms with Crippen molar-refractivity contribution >= 4 is 11.8 Å². The van der Waals surface area contributed by atoms with E-state index in [9.17, 15) is 0 Å². The monoisotopic (exact) mass is 221 g/mol. The highest BCUT2D eigenvalue weighted by Crippen LogP contribution is 2.62. The van der Waals surface area contributed by atoms with Crippen LogP contribution in [0.5, 0.6) is 0 Å². The largest absolute Gasteiger partial charge is 0.264 e. The zero-order valence-electron chi connectivity index (χ0n) is 9.95. The number of rotatable bonds is 3. The van der Waals surface area contributed by atoms with Crippen LogP contribution in [0.1, 0.15) is 32.8 Å². The van der Waals surface area contributed by atoms with Crippen LogP contribution >= 0.6 is 11.8 Å². The van der Waals surface area contributed by atoms with Crippen molar-refractivity contribution in [1.29, 1.82) is 0 Å². The molecule has 0 bridgehead atoms. The second-order valence-electron chi connectivity index (χ2n) is 4.83. The van der Waals surface area contributed by atoms with Crippen LogP contribution in [0, 0.1) is 18.3 Å². The Labute approximate surface area is 96.7 Å². The van der Waals surface area contributed by atoms with Crippen LogP contribution in [0.4, 0.5) is 0 Å². The number of nitrogens with zero attached hydrogens (tertiary/aromatic N) is 1. The molecule has 1 heterocycles. The van der Waals surface area contributed by atoms with Gasteiger partial charge in [-0.25, -0.2) is 0 Å². The standard InChI is InChI=1S/C13H19NS/c1-5-13(4)10(3)12(13)15-11-6-7-14-8-9(11)2/h6-8,10,12H,5H2,1-4H3. The SMILES string of the molecule is CCC1(C)C(C)C1Sc1ccncc1C. The molecule has 0 spiro atoms. The molecule has 1 aliphatic carbocycles. The smallest absolute Gasteiger partial charge is 0.0308 e. The molecular formula is C13H19NS. The molecule has 82 valence electrons. The maximum atomic E-state index is 4.13. The molecule has 0 saturated heterocycles. The number of aromatic nitrogens is 1. The van der Waals surface area contributed by atoms with Crippen LogP contribution in [0.25, 0.3) is 0 Å². The van der Waals surface area contributed by atoms with Gasteiger partial charge in [0.05, 0.1) is 0 Å². The average molecular weight is 221 g/mol. The summed E-state index contributed by atoms with van der Waals surface area (Å²) in [6, 6.07) is 2.14. The molecule has 1 nitrogen and oxygen atoms in total. The Morgan fingerprint density at radius 1 is 1.53 bits per heavy atom. The fourth-order valence-electron chi connectivity index (χ4n) is 2.24. The summed E-state index contributed by atoms with van der Waals surface area (Å²) in [5.41, 5.74) is 1.86. The van der Waals surface area contributed by atoms with Gasteiger partial charge in [-0.1, -0.05) is 20.8 Å². The van der Waals surface area contributed by atoms with Gasteiger partial charge in [0.1, 0.15) is 0 Å². The van der Waals surface area contributed by atoms with E-state index in [1.165, 1.54) is 16.9 Å². The van der Waals surface area contributed by atoms with Crippen molar-refractivity contribution in [2.75, 3.05) is 0 Å². The van der Waals surface area contributed by atoms with Crippen molar-refractivity contribution in [3.63, 3.8) is 0 Å². The van der Waals surface area contributed by atoms with Crippen molar-refractivity contribution in [1.82, 2.24) is 4.98 Å². The predicted molar refractivity (Wildman–Crippen MR) is 66.2 cm³/mol. The summed E-state index contributed by atoms with van der Waals surface area (Å²) >= 11 is 2.04. The molecule has 0 aliphatic heterocycles. The van der Waals surface area contributed by atoms with Gasteiger partial charge in [-0.05, 0) is 36.3 Å². The summed E-state index contributed by atoms with van der Waals surface area (Å²) in [6.07, 6.45) is 5.14. The molecule has 1 saturated carbocycles. The molecule has 1 fully saturated rings. The molecule has 1 aromatic heterocycles. The number of hydrogen-bond acceptors (Lipinski definition) is 2. The lowest BCUT2D eigenvalue weighted by Gasteiger charge is -2.08. The first-order valence-corrected chi connectivity index (χ1v) is 6.55. The highest BCUT2D eigenvalue weighted by Gasteiger charge is 2.57. The Morgan fingerprint density at radius 3 is 2.80 bits per heavy atom. The van der Waals surface area contributed by atoms with Crippen molar-refractivity contribution in [2.24, 2.45) is 11.3 Å². The van der Waals surface area contributed by atoms with Crippen LogP contribution in [-0.2, 0) is 0 Å². The third kappa shape index (κ3) is 1.80. The van der Waals surface area contributed by atoms with Gasteiger partial charge < -0.3 is 0 Å². The molecule has 2 heteroatoms. The first kappa shape index (κ1) is 11.0. The van der Waals surface area contributed by atoms with E-state index in [-0.39, 0.29) is 0 Å². The number of hydrogen-bond donors (Lipinski definition) is 0. The van der Waals surface area contributed by atoms with Crippen LogP contribution in [0.2, 0.25) is 0 Å². The maximum Gasteiger partial charge on any atom is 0.0308 e. The van der Waals surface area contributed by atoms with E-state index in [1.54, 1.807) is 0 Å². The predicted octanol–water partition coefficient (Wildman–Crippen LogP) is 3.92. The number of pyridine rings is 1. The van der Waals surface area contributed by atoms with E-state index in [4.69, 9.17) is 0 Å². The Morgan fingerprint density at radius 2 is 2.27 bits per heavy atom. The third-order valence-electron chi connectivity index (χ3n) is 4.02. The zero-order chi connectivity index (χ0) is 11.1. The van der Waals surface area contributed by atoms with Gasteiger partial charge in [0.2, 0.25) is 0 Å². The van der Waals surface area contributed by atoms with Gasteiger partial charge in [0.25, 0.3) is 0 Å². The van der Waals surface area contributed by atoms with Gasteiger partial charge in [-0.2, -0.15) is 0 Å². The van der Waals surface area contributed by atoms with Crippen molar-refractivity contribution < 1.29 is 0 Å². The van der Waals surface area contributed by atoms with Gasteiger partial charge >= 0.3 is 0 Å². The van der Waals surface area contributed by atoms with Gasteiger partial charge in [0, 0.05) is 22.5 Å². The van der Waals surface area contributed by atoms with Gasteiger partial charge in [0.15, 0.2) is 0 Å². The molecule has 0 radical (unpaired) electrons. The second kappa shape index (κ2) is 3.82. The van der Waals surface area contributed by atoms with Crippen LogP contribution in [0.15, 0.2) is 23.4 Å².